The number of carboxylic acid groups (broad SMARTS) is 1. The molecule has 1 unspecified atom stereocenters. The summed E-state index contributed by atoms with van der Waals surface area (Å²) in [6, 6.07) is 14.9. The van der Waals surface area contributed by atoms with Crippen molar-refractivity contribution < 1.29 is 73.9 Å². The summed E-state index contributed by atoms with van der Waals surface area (Å²) >= 11 is 0. The number of rotatable bonds is 15. The number of hydrogen-bond donors (Lipinski definition) is 9. The first-order chi connectivity index (χ1) is 29.2. The fourth-order valence-electron chi connectivity index (χ4n) is 7.86. The molecule has 4 heterocycles. The molecule has 3 aliphatic rings. The number of quaternary nitrogens is 1. The van der Waals surface area contributed by atoms with Crippen LogP contribution in [0.15, 0.2) is 98.5 Å². The van der Waals surface area contributed by atoms with Crippen LogP contribution in [0.25, 0.3) is 27.8 Å². The van der Waals surface area contributed by atoms with E-state index in [9.17, 15) is 50.1 Å². The van der Waals surface area contributed by atoms with Crippen molar-refractivity contribution >= 4 is 34.8 Å². The molecule has 0 saturated carbocycles. The molecule has 4 aromatic rings. The number of aliphatic hydroxyl groups is 5. The third-order valence-electron chi connectivity index (χ3n) is 10.8. The molecule has 0 amide bonds. The van der Waals surface area contributed by atoms with Crippen LogP contribution in [-0.2, 0) is 23.9 Å². The Bertz CT molecular complexity index is 2440. The number of aliphatic hydroxyl groups excluding tert-OH is 4. The van der Waals surface area contributed by atoms with Gasteiger partial charge >= 0.3 is 11.9 Å². The zero-order valence-electron chi connectivity index (χ0n) is 33.2. The summed E-state index contributed by atoms with van der Waals surface area (Å²) in [5.74, 6) is -8.42. The van der Waals surface area contributed by atoms with E-state index in [4.69, 9.17) is 23.5 Å². The lowest BCUT2D eigenvalue weighted by Gasteiger charge is -2.46. The number of phenols is 1. The Morgan fingerprint density at radius 2 is 1.74 bits per heavy atom. The number of nitrogens with zero attached hydrogens (tertiary/aromatic N) is 1. The number of benzene rings is 3. The highest BCUT2D eigenvalue weighted by Crippen LogP contribution is 2.35. The number of esters is 1. The molecule has 3 aromatic carbocycles. The number of allylic oxidation sites excluding steroid dienone is 1. The molecule has 3 aliphatic heterocycles. The van der Waals surface area contributed by atoms with Crippen molar-refractivity contribution in [3.05, 3.63) is 111 Å². The van der Waals surface area contributed by atoms with Crippen molar-refractivity contribution in [3.8, 4) is 22.6 Å². The van der Waals surface area contributed by atoms with Crippen LogP contribution in [0.5, 0.6) is 11.5 Å². The fraction of sp³-hybridized carbons (Fsp3) is 0.349. The van der Waals surface area contributed by atoms with Crippen molar-refractivity contribution in [2.24, 2.45) is 10.9 Å². The van der Waals surface area contributed by atoms with E-state index in [-0.39, 0.29) is 41.0 Å². The van der Waals surface area contributed by atoms with E-state index in [0.29, 0.717) is 22.0 Å². The second-order valence-corrected chi connectivity index (χ2v) is 15.1. The first kappa shape index (κ1) is 43.3. The molecule has 1 fully saturated rings. The van der Waals surface area contributed by atoms with Crippen LogP contribution in [0.4, 0.5) is 0 Å². The number of hydrogen-bond acceptors (Lipinski definition) is 16. The topological polar surface area (TPSA) is 272 Å². The van der Waals surface area contributed by atoms with E-state index in [1.807, 2.05) is 38.1 Å². The van der Waals surface area contributed by atoms with E-state index in [2.05, 4.69) is 10.3 Å². The summed E-state index contributed by atoms with van der Waals surface area (Å²) in [7, 11) is 1.35. The third kappa shape index (κ3) is 8.58. The molecule has 9 atom stereocenters. The molecule has 7 rings (SSSR count). The van der Waals surface area contributed by atoms with Crippen LogP contribution in [0.2, 0.25) is 0 Å². The zero-order valence-corrected chi connectivity index (χ0v) is 33.2. The largest absolute Gasteiger partial charge is 0.508 e. The van der Waals surface area contributed by atoms with Gasteiger partial charge in [-0.15, -0.1) is 0 Å². The highest BCUT2D eigenvalue weighted by Gasteiger charge is 2.59. The molecule has 0 aliphatic carbocycles. The number of aromatic hydroxyl groups is 1. The number of aliphatic carboxylic acids is 1. The highest BCUT2D eigenvalue weighted by atomic mass is 16.8. The number of ether oxygens (including phenoxy) is 3. The fourth-order valence-corrected chi connectivity index (χ4v) is 7.86. The number of carboxylic acids is 1. The molecule has 61 heavy (non-hydrogen) atoms. The van der Waals surface area contributed by atoms with Crippen LogP contribution < -0.4 is 20.5 Å². The maximum absolute atomic E-state index is 13.5. The van der Waals surface area contributed by atoms with Crippen molar-refractivity contribution in [1.82, 2.24) is 5.32 Å². The quantitative estimate of drug-likeness (QED) is 0.0436. The Morgan fingerprint density at radius 1 is 1.02 bits per heavy atom. The van der Waals surface area contributed by atoms with E-state index < -0.39 is 79.0 Å². The van der Waals surface area contributed by atoms with Gasteiger partial charge < -0.3 is 59.7 Å². The lowest BCUT2D eigenvalue weighted by molar-refractivity contribution is -1.04. The lowest BCUT2D eigenvalue weighted by atomic mass is 9.92. The van der Waals surface area contributed by atoms with Crippen molar-refractivity contribution in [1.29, 1.82) is 0 Å². The van der Waals surface area contributed by atoms with Crippen LogP contribution in [0.3, 0.4) is 0 Å². The molecule has 0 bridgehead atoms. The Hall–Kier alpha value is -5.80. The normalized spacial score (nSPS) is 24.2. The summed E-state index contributed by atoms with van der Waals surface area (Å²) in [5.41, 5.74) is 5.13. The molecule has 18 heteroatoms. The molecule has 0 radical (unpaired) electrons. The first-order valence-electron chi connectivity index (χ1n) is 19.4. The number of aryl methyl sites for hydroxylation is 2. The number of carbonyl (C=O) groups is 2. The van der Waals surface area contributed by atoms with Crippen LogP contribution in [-0.4, -0.2) is 123 Å². The molecular formula is C43H46N3O15+. The van der Waals surface area contributed by atoms with Gasteiger partial charge in [-0.05, 0) is 75.4 Å². The molecular weight excluding hydrogens is 798 g/mol. The van der Waals surface area contributed by atoms with E-state index in [1.165, 1.54) is 43.6 Å². The van der Waals surface area contributed by atoms with E-state index in [1.54, 1.807) is 18.3 Å². The summed E-state index contributed by atoms with van der Waals surface area (Å²) < 4.78 is 23.4. The number of nitrogens with one attached hydrogen (secondary N) is 2. The van der Waals surface area contributed by atoms with Gasteiger partial charge in [-0.25, -0.2) is 4.99 Å². The predicted octanol–water partition coefficient (Wildman–Crippen LogP) is 0.0815. The van der Waals surface area contributed by atoms with Crippen molar-refractivity contribution in [2.75, 3.05) is 26.8 Å². The number of phenolic OH excluding ortho intramolecular Hbond substituents is 1. The number of carbonyl (C=O) groups excluding carboxylic acids is 1. The Kier molecular flexibility index (Phi) is 12.5. The lowest BCUT2D eigenvalue weighted by Crippen LogP contribution is -3.08. The van der Waals surface area contributed by atoms with Crippen molar-refractivity contribution in [3.63, 3.8) is 0 Å². The maximum atomic E-state index is 13.5. The van der Waals surface area contributed by atoms with Crippen LogP contribution in [0.1, 0.15) is 23.1 Å². The minimum atomic E-state index is -3.18. The smallest absolute Gasteiger partial charge is 0.324 e. The van der Waals surface area contributed by atoms with Gasteiger partial charge in [0.2, 0.25) is 12.4 Å². The minimum absolute atomic E-state index is 0.0150. The summed E-state index contributed by atoms with van der Waals surface area (Å²) in [6.45, 7) is 2.13. The SMILES string of the molecule is CN[C@H](CCO)[C@@H](C(=O)O)C(=O)O[C@](O)(CO)[C@@H]1O[C@H](Oc2ccc3c(=O)c(-c4ccc(O)cc4)coc3c2)[C@@H](O[NH+]2CC3=CC=NC3=C2c2cc(C)cc(C)c2)[C@H](O)[C@H]1O. The molecule has 0 spiro atoms. The van der Waals surface area contributed by atoms with Gasteiger partial charge in [-0.1, -0.05) is 29.3 Å². The Labute approximate surface area is 347 Å². The molecule has 1 aromatic heterocycles. The third-order valence-corrected chi connectivity index (χ3v) is 10.8. The van der Waals surface area contributed by atoms with Gasteiger partial charge in [-0.2, -0.15) is 9.90 Å². The number of hydroxylamine groups is 2. The maximum Gasteiger partial charge on any atom is 0.324 e. The molecule has 9 N–H and O–H groups in total. The van der Waals surface area contributed by atoms with Gasteiger partial charge in [0.15, 0.2) is 23.1 Å². The van der Waals surface area contributed by atoms with Gasteiger partial charge in [0.25, 0.3) is 5.79 Å². The van der Waals surface area contributed by atoms with Gasteiger partial charge in [0.05, 0.1) is 10.9 Å². The van der Waals surface area contributed by atoms with Gasteiger partial charge in [-0.3, -0.25) is 14.4 Å². The van der Waals surface area contributed by atoms with Gasteiger partial charge in [0, 0.05) is 36.1 Å². The Morgan fingerprint density at radius 3 is 2.39 bits per heavy atom. The highest BCUT2D eigenvalue weighted by molar-refractivity contribution is 5.95. The molecule has 18 nitrogen and oxygen atoms in total. The molecule has 1 saturated heterocycles. The standard InChI is InChI=1S/C43H45N3O15/c1-21-14-22(2)16-25(15-21)34-33-24(10-12-45-33)18-46(34)61-38-36(51)37(52)39(43(56,20-48)60-41(55)32(40(53)54)30(44-3)11-13-47)59-42(38)58-27-8-9-28-31(17-27)57-19-29(35(28)50)23-4-6-26(49)7-5-23/h4-10,12,14-17,19,30,32,36-39,42,44,47-49,51-52,56H,11,13,18,20H2,1-3H3,(H,53,54)/p+1/t30-,32+,36-,37-,38+,39-,42+,43-/m1/s1. The van der Waals surface area contributed by atoms with E-state index >= 15 is 0 Å². The average Bonchev–Trinajstić information content (AvgIpc) is 3.81. The zero-order chi connectivity index (χ0) is 43.7. The van der Waals surface area contributed by atoms with E-state index in [0.717, 1.165) is 22.3 Å². The first-order valence-corrected chi connectivity index (χ1v) is 19.4. The summed E-state index contributed by atoms with van der Waals surface area (Å²) in [6.07, 6.45) is -5.24. The second-order valence-electron chi connectivity index (χ2n) is 15.1. The monoisotopic (exact) mass is 844 g/mol. The number of aliphatic imine (C=N–C) groups is 1. The van der Waals surface area contributed by atoms with Crippen LogP contribution >= 0.6 is 0 Å². The van der Waals surface area contributed by atoms with Gasteiger partial charge in [0.1, 0.15) is 54.4 Å². The summed E-state index contributed by atoms with van der Waals surface area (Å²) in [4.78, 5) is 50.3. The molecule has 322 valence electrons. The second kappa shape index (κ2) is 17.7. The number of fused-ring (bicyclic) bond motifs is 2. The van der Waals surface area contributed by atoms with Crippen LogP contribution in [0, 0.1) is 19.8 Å². The Balaban J connectivity index is 1.25. The minimum Gasteiger partial charge on any atom is -0.508 e. The van der Waals surface area contributed by atoms with Crippen molar-refractivity contribution in [2.45, 2.75) is 62.8 Å². The predicted molar refractivity (Wildman–Crippen MR) is 215 cm³/mol. The summed E-state index contributed by atoms with van der Waals surface area (Å²) in [5, 5.41) is 77.8. The average molecular weight is 845 g/mol.